The second-order valence-corrected chi connectivity index (χ2v) is 6.18. The fourth-order valence-corrected chi connectivity index (χ4v) is 3.67. The van der Waals surface area contributed by atoms with Crippen LogP contribution in [0.2, 0.25) is 0 Å². The maximum absolute atomic E-state index is 11.4. The van der Waals surface area contributed by atoms with E-state index in [1.807, 2.05) is 11.1 Å². The molecule has 0 bridgehead atoms. The van der Waals surface area contributed by atoms with E-state index in [4.69, 9.17) is 0 Å². The third-order valence-electron chi connectivity index (χ3n) is 4.92. The zero-order chi connectivity index (χ0) is 14.1. The van der Waals surface area contributed by atoms with Gasteiger partial charge in [0.15, 0.2) is 0 Å². The lowest BCUT2D eigenvalue weighted by atomic mass is 10.0. The minimum atomic E-state index is 0.218. The number of amides is 1. The highest BCUT2D eigenvalue weighted by Crippen LogP contribution is 2.31. The lowest BCUT2D eigenvalue weighted by Gasteiger charge is -2.36. The number of nitrogens with one attached hydrogen (secondary N) is 1. The van der Waals surface area contributed by atoms with Crippen molar-refractivity contribution in [3.8, 4) is 0 Å². The third-order valence-corrected chi connectivity index (χ3v) is 4.92. The number of hydrogen-bond donors (Lipinski definition) is 1. The maximum atomic E-state index is 11.4. The molecule has 0 unspecified atom stereocenters. The van der Waals surface area contributed by atoms with E-state index >= 15 is 0 Å². The fourth-order valence-electron chi connectivity index (χ4n) is 3.67. The Hall–Kier alpha value is -1.36. The largest absolute Gasteiger partial charge is 0.343 e. The summed E-state index contributed by atoms with van der Waals surface area (Å²) in [6.07, 6.45) is 5.38. The normalized spacial score (nSPS) is 25.3. The van der Waals surface area contributed by atoms with Crippen molar-refractivity contribution in [3.63, 3.8) is 0 Å². The molecule has 1 atom stereocenters. The summed E-state index contributed by atoms with van der Waals surface area (Å²) in [6, 6.07) is 0.652. The maximum Gasteiger partial charge on any atom is 0.219 e. The number of aryl methyl sites for hydroxylation is 1. The van der Waals surface area contributed by atoms with E-state index in [-0.39, 0.29) is 5.91 Å². The van der Waals surface area contributed by atoms with Gasteiger partial charge in [0.1, 0.15) is 0 Å². The van der Waals surface area contributed by atoms with E-state index in [0.717, 1.165) is 32.5 Å². The summed E-state index contributed by atoms with van der Waals surface area (Å²) < 4.78 is 0. The van der Waals surface area contributed by atoms with Crippen molar-refractivity contribution in [1.82, 2.24) is 20.0 Å². The highest BCUT2D eigenvalue weighted by molar-refractivity contribution is 5.73. The first-order valence-corrected chi connectivity index (χ1v) is 7.64. The number of aromatic amines is 1. The first-order valence-electron chi connectivity index (χ1n) is 7.64. The number of aromatic nitrogens is 2. The van der Waals surface area contributed by atoms with Crippen molar-refractivity contribution in [2.75, 3.05) is 26.2 Å². The van der Waals surface area contributed by atoms with Gasteiger partial charge < -0.3 is 4.90 Å². The van der Waals surface area contributed by atoms with Crippen molar-refractivity contribution < 1.29 is 4.79 Å². The topological polar surface area (TPSA) is 52.2 Å². The smallest absolute Gasteiger partial charge is 0.219 e. The van der Waals surface area contributed by atoms with Gasteiger partial charge >= 0.3 is 0 Å². The number of carbonyl (C=O) groups is 1. The number of hydrogen-bond acceptors (Lipinski definition) is 3. The van der Waals surface area contributed by atoms with E-state index in [1.165, 1.54) is 24.2 Å². The number of carbonyl (C=O) groups excluding carboxylic acids is 1. The Morgan fingerprint density at radius 1 is 1.30 bits per heavy atom. The zero-order valence-electron chi connectivity index (χ0n) is 12.4. The van der Waals surface area contributed by atoms with Gasteiger partial charge in [-0.3, -0.25) is 14.8 Å². The van der Waals surface area contributed by atoms with Gasteiger partial charge in [-0.05, 0) is 38.3 Å². The van der Waals surface area contributed by atoms with Crippen LogP contribution in [0.5, 0.6) is 0 Å². The van der Waals surface area contributed by atoms with Crippen molar-refractivity contribution in [3.05, 3.63) is 17.5 Å². The fraction of sp³-hybridized carbons (Fsp3) is 0.733. The summed E-state index contributed by atoms with van der Waals surface area (Å²) in [5, 5.41) is 7.31. The van der Waals surface area contributed by atoms with Crippen molar-refractivity contribution >= 4 is 5.91 Å². The predicted octanol–water partition coefficient (Wildman–Crippen LogP) is 1.52. The molecule has 20 heavy (non-hydrogen) atoms. The molecule has 0 saturated carbocycles. The average Bonchev–Trinajstić information content (AvgIpc) is 3.07. The molecule has 0 aliphatic carbocycles. The second-order valence-electron chi connectivity index (χ2n) is 6.18. The minimum Gasteiger partial charge on any atom is -0.343 e. The molecule has 1 N–H and O–H groups in total. The lowest BCUT2D eigenvalue weighted by molar-refractivity contribution is -0.130. The Labute approximate surface area is 120 Å². The van der Waals surface area contributed by atoms with Crippen LogP contribution in [0.1, 0.15) is 43.4 Å². The van der Waals surface area contributed by atoms with Crippen molar-refractivity contribution in [2.24, 2.45) is 0 Å². The molecule has 3 rings (SSSR count). The lowest BCUT2D eigenvalue weighted by Crippen LogP contribution is -2.45. The Kier molecular flexibility index (Phi) is 3.78. The van der Waals surface area contributed by atoms with Gasteiger partial charge in [0.25, 0.3) is 0 Å². The zero-order valence-corrected chi connectivity index (χ0v) is 12.4. The van der Waals surface area contributed by atoms with E-state index in [2.05, 4.69) is 22.0 Å². The van der Waals surface area contributed by atoms with Crippen LogP contribution < -0.4 is 0 Å². The average molecular weight is 276 g/mol. The van der Waals surface area contributed by atoms with E-state index in [1.54, 1.807) is 6.92 Å². The SMILES string of the molecule is CC(=O)N1CCC(N2CC[C@H](c3[nH]ncc3C)C2)CC1. The monoisotopic (exact) mass is 276 g/mol. The summed E-state index contributed by atoms with van der Waals surface area (Å²) >= 11 is 0. The van der Waals surface area contributed by atoms with Crippen LogP contribution in [0.4, 0.5) is 0 Å². The summed E-state index contributed by atoms with van der Waals surface area (Å²) in [5.74, 6) is 0.819. The number of nitrogens with zero attached hydrogens (tertiary/aromatic N) is 3. The summed E-state index contributed by atoms with van der Waals surface area (Å²) in [4.78, 5) is 16.0. The Morgan fingerprint density at radius 3 is 2.65 bits per heavy atom. The second kappa shape index (κ2) is 5.56. The molecule has 0 spiro atoms. The third kappa shape index (κ3) is 2.59. The molecule has 5 nitrogen and oxygen atoms in total. The molecular formula is C15H24N4O. The molecule has 3 heterocycles. The molecule has 0 radical (unpaired) electrons. The first kappa shape index (κ1) is 13.6. The van der Waals surface area contributed by atoms with Crippen molar-refractivity contribution in [2.45, 2.75) is 45.1 Å². The molecule has 0 aromatic carbocycles. The molecule has 5 heteroatoms. The van der Waals surface area contributed by atoms with Gasteiger partial charge in [-0.15, -0.1) is 0 Å². The predicted molar refractivity (Wildman–Crippen MR) is 77.5 cm³/mol. The molecule has 2 fully saturated rings. The van der Waals surface area contributed by atoms with Gasteiger partial charge in [-0.2, -0.15) is 5.10 Å². The number of likely N-dealkylation sites (tertiary alicyclic amines) is 2. The quantitative estimate of drug-likeness (QED) is 0.891. The van der Waals surface area contributed by atoms with Crippen molar-refractivity contribution in [1.29, 1.82) is 0 Å². The number of piperidine rings is 1. The van der Waals surface area contributed by atoms with Crippen LogP contribution in [0.15, 0.2) is 6.20 Å². The molecule has 1 aromatic rings. The van der Waals surface area contributed by atoms with Crippen LogP contribution in [-0.2, 0) is 4.79 Å². The van der Waals surface area contributed by atoms with Gasteiger partial charge in [-0.25, -0.2) is 0 Å². The molecular weight excluding hydrogens is 252 g/mol. The van der Waals surface area contributed by atoms with E-state index in [9.17, 15) is 4.79 Å². The number of H-pyrrole nitrogens is 1. The van der Waals surface area contributed by atoms with E-state index in [0.29, 0.717) is 12.0 Å². The van der Waals surface area contributed by atoms with Gasteiger partial charge in [0.2, 0.25) is 5.91 Å². The Balaban J connectivity index is 1.56. The molecule has 110 valence electrons. The highest BCUT2D eigenvalue weighted by Gasteiger charge is 2.32. The molecule has 1 amide bonds. The van der Waals surface area contributed by atoms with Gasteiger partial charge in [-0.1, -0.05) is 0 Å². The summed E-state index contributed by atoms with van der Waals surface area (Å²) in [5.41, 5.74) is 2.59. The summed E-state index contributed by atoms with van der Waals surface area (Å²) in [6.45, 7) is 7.95. The molecule has 2 aliphatic rings. The van der Waals surface area contributed by atoms with E-state index < -0.39 is 0 Å². The van der Waals surface area contributed by atoms with Crippen LogP contribution >= 0.6 is 0 Å². The molecule has 2 saturated heterocycles. The number of rotatable bonds is 2. The highest BCUT2D eigenvalue weighted by atomic mass is 16.2. The standard InChI is InChI=1S/C15H24N4O/c1-11-9-16-17-15(11)13-3-6-19(10-13)14-4-7-18(8-5-14)12(2)20/h9,13-14H,3-8,10H2,1-2H3,(H,16,17)/t13-/m0/s1. The van der Waals surface area contributed by atoms with Crippen LogP contribution in [0.3, 0.4) is 0 Å². The van der Waals surface area contributed by atoms with Crippen LogP contribution in [0.25, 0.3) is 0 Å². The Bertz CT molecular complexity index is 476. The van der Waals surface area contributed by atoms with Crippen LogP contribution in [0, 0.1) is 6.92 Å². The Morgan fingerprint density at radius 2 is 2.05 bits per heavy atom. The van der Waals surface area contributed by atoms with Gasteiger partial charge in [0, 0.05) is 44.2 Å². The summed E-state index contributed by atoms with van der Waals surface area (Å²) in [7, 11) is 0. The van der Waals surface area contributed by atoms with Crippen LogP contribution in [-0.4, -0.2) is 58.1 Å². The first-order chi connectivity index (χ1) is 9.65. The molecule has 1 aromatic heterocycles. The minimum absolute atomic E-state index is 0.218. The molecule has 2 aliphatic heterocycles. The van der Waals surface area contributed by atoms with Gasteiger partial charge in [0.05, 0.1) is 6.20 Å².